The van der Waals surface area contributed by atoms with Gasteiger partial charge in [-0.3, -0.25) is 4.79 Å². The van der Waals surface area contributed by atoms with Crippen molar-refractivity contribution in [3.63, 3.8) is 0 Å². The molecular weight excluding hydrogens is 311 g/mol. The minimum atomic E-state index is -0.962. The molecule has 2 aromatic rings. The first-order valence-electron chi connectivity index (χ1n) is 5.77. The molecule has 0 aliphatic heterocycles. The van der Waals surface area contributed by atoms with E-state index in [-0.39, 0.29) is 0 Å². The van der Waals surface area contributed by atoms with Crippen molar-refractivity contribution in [2.75, 3.05) is 0 Å². The van der Waals surface area contributed by atoms with Gasteiger partial charge >= 0.3 is 5.97 Å². The summed E-state index contributed by atoms with van der Waals surface area (Å²) in [7, 11) is 0. The minimum absolute atomic E-state index is 0.409. The van der Waals surface area contributed by atoms with Gasteiger partial charge in [0, 0.05) is 10.0 Å². The van der Waals surface area contributed by atoms with E-state index in [1.165, 1.54) is 13.0 Å². The zero-order valence-electron chi connectivity index (χ0n) is 10.2. The number of halogens is 2. The van der Waals surface area contributed by atoms with E-state index in [9.17, 15) is 9.18 Å². The molecule has 1 atom stereocenters. The van der Waals surface area contributed by atoms with Crippen LogP contribution in [0.15, 0.2) is 46.9 Å². The van der Waals surface area contributed by atoms with Gasteiger partial charge < -0.3 is 5.11 Å². The summed E-state index contributed by atoms with van der Waals surface area (Å²) < 4.78 is 15.0. The molecule has 4 heteroatoms. The highest BCUT2D eigenvalue weighted by molar-refractivity contribution is 9.10. The van der Waals surface area contributed by atoms with Crippen LogP contribution in [0.25, 0.3) is 11.1 Å². The molecule has 0 aliphatic rings. The van der Waals surface area contributed by atoms with E-state index in [1.807, 2.05) is 24.3 Å². The van der Waals surface area contributed by atoms with Crippen molar-refractivity contribution in [2.24, 2.45) is 0 Å². The van der Waals surface area contributed by atoms with Crippen molar-refractivity contribution in [3.8, 4) is 11.1 Å². The number of hydrogen-bond acceptors (Lipinski definition) is 1. The van der Waals surface area contributed by atoms with Crippen LogP contribution in [0.4, 0.5) is 4.39 Å². The molecule has 98 valence electrons. The number of carboxylic acids is 1. The summed E-state index contributed by atoms with van der Waals surface area (Å²) in [6.07, 6.45) is 0. The van der Waals surface area contributed by atoms with Gasteiger partial charge in [-0.2, -0.15) is 0 Å². The molecule has 0 spiro atoms. The lowest BCUT2D eigenvalue weighted by Gasteiger charge is -2.09. The first-order chi connectivity index (χ1) is 8.99. The molecule has 2 aromatic carbocycles. The van der Waals surface area contributed by atoms with E-state index in [4.69, 9.17) is 5.11 Å². The van der Waals surface area contributed by atoms with Gasteiger partial charge in [0.15, 0.2) is 0 Å². The molecule has 19 heavy (non-hydrogen) atoms. The minimum Gasteiger partial charge on any atom is -0.481 e. The molecule has 0 amide bonds. The molecule has 0 aliphatic carbocycles. The second-order valence-corrected chi connectivity index (χ2v) is 5.22. The zero-order valence-corrected chi connectivity index (χ0v) is 11.8. The molecule has 0 saturated heterocycles. The molecule has 0 bridgehead atoms. The smallest absolute Gasteiger partial charge is 0.310 e. The van der Waals surface area contributed by atoms with Crippen LogP contribution in [0.3, 0.4) is 0 Å². The maximum absolute atomic E-state index is 14.1. The second-order valence-electron chi connectivity index (χ2n) is 4.31. The van der Waals surface area contributed by atoms with Crippen molar-refractivity contribution < 1.29 is 14.3 Å². The highest BCUT2D eigenvalue weighted by atomic mass is 79.9. The highest BCUT2D eigenvalue weighted by Crippen LogP contribution is 2.27. The van der Waals surface area contributed by atoms with Gasteiger partial charge in [-0.1, -0.05) is 40.2 Å². The van der Waals surface area contributed by atoms with E-state index in [0.29, 0.717) is 11.1 Å². The predicted molar refractivity (Wildman–Crippen MR) is 75.6 cm³/mol. The van der Waals surface area contributed by atoms with E-state index in [0.717, 1.165) is 10.0 Å². The first kappa shape index (κ1) is 13.7. The lowest BCUT2D eigenvalue weighted by Crippen LogP contribution is -2.07. The molecule has 0 fully saturated rings. The largest absolute Gasteiger partial charge is 0.481 e. The molecule has 2 rings (SSSR count). The van der Waals surface area contributed by atoms with Crippen LogP contribution >= 0.6 is 15.9 Å². The number of carbonyl (C=O) groups is 1. The van der Waals surface area contributed by atoms with Crippen molar-refractivity contribution in [2.45, 2.75) is 12.8 Å². The molecule has 0 unspecified atom stereocenters. The van der Waals surface area contributed by atoms with Gasteiger partial charge in [0.2, 0.25) is 0 Å². The SMILES string of the molecule is C[C@H](C(=O)O)c1ccc(-c2ccc(Br)cc2)c(F)c1. The fourth-order valence-electron chi connectivity index (χ4n) is 1.81. The number of benzene rings is 2. The summed E-state index contributed by atoms with van der Waals surface area (Å²) in [5, 5.41) is 8.92. The van der Waals surface area contributed by atoms with E-state index >= 15 is 0 Å². The summed E-state index contributed by atoms with van der Waals surface area (Å²) in [6.45, 7) is 1.54. The van der Waals surface area contributed by atoms with Crippen LogP contribution in [-0.4, -0.2) is 11.1 Å². The molecule has 0 radical (unpaired) electrons. The van der Waals surface area contributed by atoms with Crippen molar-refractivity contribution in [3.05, 3.63) is 58.3 Å². The molecule has 0 aromatic heterocycles. The highest BCUT2D eigenvalue weighted by Gasteiger charge is 2.15. The fourth-order valence-corrected chi connectivity index (χ4v) is 2.07. The molecule has 1 N–H and O–H groups in total. The van der Waals surface area contributed by atoms with Crippen LogP contribution in [0, 0.1) is 5.82 Å². The number of carboxylic acid groups (broad SMARTS) is 1. The van der Waals surface area contributed by atoms with Crippen molar-refractivity contribution in [1.82, 2.24) is 0 Å². The normalized spacial score (nSPS) is 12.2. The van der Waals surface area contributed by atoms with Gasteiger partial charge in [-0.15, -0.1) is 0 Å². The van der Waals surface area contributed by atoms with Crippen LogP contribution in [0.2, 0.25) is 0 Å². The summed E-state index contributed by atoms with van der Waals surface area (Å²) in [5.41, 5.74) is 1.69. The Bertz CT molecular complexity index is 608. The Morgan fingerprint density at radius 3 is 2.37 bits per heavy atom. The van der Waals surface area contributed by atoms with Crippen molar-refractivity contribution >= 4 is 21.9 Å². The maximum Gasteiger partial charge on any atom is 0.310 e. The topological polar surface area (TPSA) is 37.3 Å². The number of rotatable bonds is 3. The van der Waals surface area contributed by atoms with Crippen LogP contribution < -0.4 is 0 Å². The Hall–Kier alpha value is -1.68. The van der Waals surface area contributed by atoms with E-state index in [2.05, 4.69) is 15.9 Å². The van der Waals surface area contributed by atoms with Gasteiger partial charge in [0.25, 0.3) is 0 Å². The summed E-state index contributed by atoms with van der Waals surface area (Å²) in [4.78, 5) is 10.9. The Labute approximate surface area is 119 Å². The van der Waals surface area contributed by atoms with Crippen molar-refractivity contribution in [1.29, 1.82) is 0 Å². The first-order valence-corrected chi connectivity index (χ1v) is 6.56. The average Bonchev–Trinajstić information content (AvgIpc) is 2.39. The maximum atomic E-state index is 14.1. The summed E-state index contributed by atoms with van der Waals surface area (Å²) in [5.74, 6) is -2.09. The second kappa shape index (κ2) is 5.53. The zero-order chi connectivity index (χ0) is 14.0. The van der Waals surface area contributed by atoms with E-state index in [1.54, 1.807) is 12.1 Å². The lowest BCUT2D eigenvalue weighted by molar-refractivity contribution is -0.138. The summed E-state index contributed by atoms with van der Waals surface area (Å²) >= 11 is 3.32. The van der Waals surface area contributed by atoms with Gasteiger partial charge in [-0.25, -0.2) is 4.39 Å². The quantitative estimate of drug-likeness (QED) is 0.906. The third-order valence-electron chi connectivity index (χ3n) is 3.02. The Kier molecular flexibility index (Phi) is 4.00. The monoisotopic (exact) mass is 322 g/mol. The predicted octanol–water partition coefficient (Wildman–Crippen LogP) is 4.44. The van der Waals surface area contributed by atoms with Gasteiger partial charge in [-0.05, 0) is 36.2 Å². The molecule has 0 heterocycles. The average molecular weight is 323 g/mol. The Morgan fingerprint density at radius 1 is 1.21 bits per heavy atom. The standard InChI is InChI=1S/C15H12BrFO2/c1-9(15(18)19)11-4-7-13(14(17)8-11)10-2-5-12(16)6-3-10/h2-9H,1H3,(H,18,19)/t9-/m0/s1. The third-order valence-corrected chi connectivity index (χ3v) is 3.55. The number of aliphatic carboxylic acids is 1. The fraction of sp³-hybridized carbons (Fsp3) is 0.133. The third kappa shape index (κ3) is 3.01. The lowest BCUT2D eigenvalue weighted by atomic mass is 9.97. The Morgan fingerprint density at radius 2 is 1.84 bits per heavy atom. The number of hydrogen-bond donors (Lipinski definition) is 1. The molecular formula is C15H12BrFO2. The van der Waals surface area contributed by atoms with Crippen LogP contribution in [0.1, 0.15) is 18.4 Å². The van der Waals surface area contributed by atoms with Gasteiger partial charge in [0.05, 0.1) is 5.92 Å². The summed E-state index contributed by atoms with van der Waals surface area (Å²) in [6, 6.07) is 11.8. The van der Waals surface area contributed by atoms with Gasteiger partial charge in [0.1, 0.15) is 5.82 Å². The Balaban J connectivity index is 2.39. The molecule has 2 nitrogen and oxygen atoms in total. The van der Waals surface area contributed by atoms with E-state index < -0.39 is 17.7 Å². The van der Waals surface area contributed by atoms with Crippen LogP contribution in [-0.2, 0) is 4.79 Å². The molecule has 0 saturated carbocycles. The van der Waals surface area contributed by atoms with Crippen LogP contribution in [0.5, 0.6) is 0 Å².